The number of hydrogen-bond acceptors (Lipinski definition) is 4. The highest BCUT2D eigenvalue weighted by molar-refractivity contribution is 5.34. The fourth-order valence-corrected chi connectivity index (χ4v) is 1.50. The molecule has 0 radical (unpaired) electrons. The topological polar surface area (TPSA) is 51.6 Å². The normalized spacial score (nSPS) is 11.9. The molecule has 94 valence electrons. The van der Waals surface area contributed by atoms with Crippen LogP contribution >= 0.6 is 0 Å². The van der Waals surface area contributed by atoms with Gasteiger partial charge in [0.2, 0.25) is 5.88 Å². The van der Waals surface area contributed by atoms with Crippen LogP contribution in [0.5, 0.6) is 17.4 Å². The summed E-state index contributed by atoms with van der Waals surface area (Å²) in [5.41, 5.74) is 0.772. The molecule has 2 aromatic rings. The molecule has 0 unspecified atom stereocenters. The third kappa shape index (κ3) is 2.99. The smallest absolute Gasteiger partial charge is 0.219 e. The standard InChI is InChI=1S/C14H15NO3/c1-10(16)11-7-8-15-14(9-11)18-13-5-3-12(17-2)4-6-13/h3-10,16H,1-2H3/t10-/m0/s1. The Morgan fingerprint density at radius 2 is 1.78 bits per heavy atom. The van der Waals surface area contributed by atoms with E-state index in [2.05, 4.69) is 4.98 Å². The number of pyridine rings is 1. The molecule has 18 heavy (non-hydrogen) atoms. The Kier molecular flexibility index (Phi) is 3.79. The monoisotopic (exact) mass is 245 g/mol. The summed E-state index contributed by atoms with van der Waals surface area (Å²) in [5, 5.41) is 9.48. The van der Waals surface area contributed by atoms with E-state index in [1.54, 1.807) is 44.5 Å². The molecule has 1 atom stereocenters. The molecular formula is C14H15NO3. The Morgan fingerprint density at radius 3 is 2.39 bits per heavy atom. The van der Waals surface area contributed by atoms with E-state index in [1.165, 1.54) is 0 Å². The van der Waals surface area contributed by atoms with Gasteiger partial charge in [0, 0.05) is 12.3 Å². The van der Waals surface area contributed by atoms with E-state index in [4.69, 9.17) is 9.47 Å². The minimum Gasteiger partial charge on any atom is -0.497 e. The van der Waals surface area contributed by atoms with E-state index in [0.717, 1.165) is 11.3 Å². The van der Waals surface area contributed by atoms with Crippen molar-refractivity contribution in [1.29, 1.82) is 0 Å². The van der Waals surface area contributed by atoms with Crippen molar-refractivity contribution in [3.05, 3.63) is 48.2 Å². The highest BCUT2D eigenvalue weighted by Crippen LogP contribution is 2.24. The van der Waals surface area contributed by atoms with Crippen molar-refractivity contribution in [2.75, 3.05) is 7.11 Å². The Morgan fingerprint density at radius 1 is 1.11 bits per heavy atom. The summed E-state index contributed by atoms with van der Waals surface area (Å²) < 4.78 is 10.7. The number of hydrogen-bond donors (Lipinski definition) is 1. The van der Waals surface area contributed by atoms with Crippen LogP contribution in [0.2, 0.25) is 0 Å². The van der Waals surface area contributed by atoms with Crippen LogP contribution in [-0.4, -0.2) is 17.2 Å². The zero-order valence-electron chi connectivity index (χ0n) is 10.3. The molecule has 1 aromatic heterocycles. The first-order valence-electron chi connectivity index (χ1n) is 5.65. The Balaban J connectivity index is 2.15. The summed E-state index contributed by atoms with van der Waals surface area (Å²) in [6, 6.07) is 10.7. The molecular weight excluding hydrogens is 230 g/mol. The number of methoxy groups -OCH3 is 1. The second-order valence-electron chi connectivity index (χ2n) is 3.88. The molecule has 0 bridgehead atoms. The average Bonchev–Trinajstić information content (AvgIpc) is 2.40. The number of ether oxygens (including phenoxy) is 2. The zero-order valence-corrected chi connectivity index (χ0v) is 10.3. The van der Waals surface area contributed by atoms with Crippen molar-refractivity contribution in [1.82, 2.24) is 4.98 Å². The lowest BCUT2D eigenvalue weighted by atomic mass is 10.2. The Bertz CT molecular complexity index is 509. The lowest BCUT2D eigenvalue weighted by molar-refractivity contribution is 0.198. The van der Waals surface area contributed by atoms with Crippen LogP contribution in [0.4, 0.5) is 0 Å². The molecule has 1 N–H and O–H groups in total. The van der Waals surface area contributed by atoms with Gasteiger partial charge in [0.05, 0.1) is 13.2 Å². The summed E-state index contributed by atoms with van der Waals surface area (Å²) in [6.07, 6.45) is 1.08. The van der Waals surface area contributed by atoms with Gasteiger partial charge in [0.1, 0.15) is 11.5 Å². The zero-order chi connectivity index (χ0) is 13.0. The van der Waals surface area contributed by atoms with Crippen LogP contribution in [-0.2, 0) is 0 Å². The van der Waals surface area contributed by atoms with Gasteiger partial charge in [0.25, 0.3) is 0 Å². The molecule has 0 aliphatic rings. The molecule has 0 aliphatic heterocycles. The van der Waals surface area contributed by atoms with Gasteiger partial charge in [-0.2, -0.15) is 0 Å². The van der Waals surface area contributed by atoms with Gasteiger partial charge in [0.15, 0.2) is 0 Å². The van der Waals surface area contributed by atoms with Crippen LogP contribution in [0.25, 0.3) is 0 Å². The first kappa shape index (κ1) is 12.4. The van der Waals surface area contributed by atoms with Crippen molar-refractivity contribution in [3.8, 4) is 17.4 Å². The predicted octanol–water partition coefficient (Wildman–Crippen LogP) is 2.94. The van der Waals surface area contributed by atoms with Crippen LogP contribution in [0.3, 0.4) is 0 Å². The maximum absolute atomic E-state index is 9.48. The average molecular weight is 245 g/mol. The molecule has 1 heterocycles. The SMILES string of the molecule is COc1ccc(Oc2cc([C@H](C)O)ccn2)cc1. The van der Waals surface area contributed by atoms with Crippen molar-refractivity contribution >= 4 is 0 Å². The second kappa shape index (κ2) is 5.51. The molecule has 4 heteroatoms. The maximum Gasteiger partial charge on any atom is 0.219 e. The summed E-state index contributed by atoms with van der Waals surface area (Å²) in [6.45, 7) is 1.70. The summed E-state index contributed by atoms with van der Waals surface area (Å²) in [7, 11) is 1.61. The third-order valence-corrected chi connectivity index (χ3v) is 2.52. The van der Waals surface area contributed by atoms with E-state index in [1.807, 2.05) is 12.1 Å². The first-order valence-corrected chi connectivity index (χ1v) is 5.65. The lowest BCUT2D eigenvalue weighted by Crippen LogP contribution is -1.94. The Hall–Kier alpha value is -2.07. The van der Waals surface area contributed by atoms with Crippen LogP contribution < -0.4 is 9.47 Å². The van der Waals surface area contributed by atoms with E-state index < -0.39 is 6.10 Å². The van der Waals surface area contributed by atoms with Crippen molar-refractivity contribution in [2.24, 2.45) is 0 Å². The highest BCUT2D eigenvalue weighted by atomic mass is 16.5. The molecule has 1 aromatic carbocycles. The number of benzene rings is 1. The van der Waals surface area contributed by atoms with Gasteiger partial charge in [-0.1, -0.05) is 0 Å². The van der Waals surface area contributed by atoms with Crippen molar-refractivity contribution < 1.29 is 14.6 Å². The highest BCUT2D eigenvalue weighted by Gasteiger charge is 2.04. The molecule has 0 amide bonds. The maximum atomic E-state index is 9.48. The summed E-state index contributed by atoms with van der Waals surface area (Å²) in [4.78, 5) is 4.10. The van der Waals surface area contributed by atoms with Gasteiger partial charge in [-0.3, -0.25) is 0 Å². The van der Waals surface area contributed by atoms with E-state index >= 15 is 0 Å². The largest absolute Gasteiger partial charge is 0.497 e. The molecule has 0 saturated heterocycles. The van der Waals surface area contributed by atoms with Gasteiger partial charge in [-0.25, -0.2) is 4.98 Å². The quantitative estimate of drug-likeness (QED) is 0.899. The van der Waals surface area contributed by atoms with E-state index in [-0.39, 0.29) is 0 Å². The first-order chi connectivity index (χ1) is 8.69. The summed E-state index contributed by atoms with van der Waals surface area (Å²) in [5.74, 6) is 1.90. The molecule has 0 saturated carbocycles. The minimum atomic E-state index is -0.536. The second-order valence-corrected chi connectivity index (χ2v) is 3.88. The minimum absolute atomic E-state index is 0.457. The molecule has 4 nitrogen and oxygen atoms in total. The fourth-order valence-electron chi connectivity index (χ4n) is 1.50. The number of rotatable bonds is 4. The van der Waals surface area contributed by atoms with Crippen LogP contribution in [0.1, 0.15) is 18.6 Å². The van der Waals surface area contributed by atoms with E-state index in [0.29, 0.717) is 11.6 Å². The van der Waals surface area contributed by atoms with Crippen molar-refractivity contribution in [3.63, 3.8) is 0 Å². The van der Waals surface area contributed by atoms with E-state index in [9.17, 15) is 5.11 Å². The molecule has 0 spiro atoms. The van der Waals surface area contributed by atoms with Crippen LogP contribution in [0, 0.1) is 0 Å². The predicted molar refractivity (Wildman–Crippen MR) is 67.9 cm³/mol. The third-order valence-electron chi connectivity index (χ3n) is 2.52. The van der Waals surface area contributed by atoms with Crippen LogP contribution in [0.15, 0.2) is 42.6 Å². The molecule has 0 aliphatic carbocycles. The number of aromatic nitrogens is 1. The Labute approximate surface area is 106 Å². The molecule has 0 fully saturated rings. The number of nitrogens with zero attached hydrogens (tertiary/aromatic N) is 1. The van der Waals surface area contributed by atoms with Crippen molar-refractivity contribution in [2.45, 2.75) is 13.0 Å². The van der Waals surface area contributed by atoms with Gasteiger partial charge in [-0.15, -0.1) is 0 Å². The lowest BCUT2D eigenvalue weighted by Gasteiger charge is -2.08. The van der Waals surface area contributed by atoms with Gasteiger partial charge in [-0.05, 0) is 42.8 Å². The number of aliphatic hydroxyl groups is 1. The molecule has 2 rings (SSSR count). The summed E-state index contributed by atoms with van der Waals surface area (Å²) >= 11 is 0. The fraction of sp³-hybridized carbons (Fsp3) is 0.214. The van der Waals surface area contributed by atoms with Gasteiger partial charge < -0.3 is 14.6 Å². The number of aliphatic hydroxyl groups excluding tert-OH is 1. The van der Waals surface area contributed by atoms with Gasteiger partial charge >= 0.3 is 0 Å².